The van der Waals surface area contributed by atoms with Gasteiger partial charge in [-0.1, -0.05) is 30.3 Å². The minimum absolute atomic E-state index is 0.0302. The number of nitrogens with zero attached hydrogens (tertiary/aromatic N) is 3. The topological polar surface area (TPSA) is 78.0 Å². The highest BCUT2D eigenvalue weighted by molar-refractivity contribution is 5.80. The monoisotopic (exact) mass is 383 g/mol. The second kappa shape index (κ2) is 7.52. The summed E-state index contributed by atoms with van der Waals surface area (Å²) in [7, 11) is 0. The molecule has 0 saturated heterocycles. The number of non-ortho nitro benzene ring substituents is 1. The molecule has 6 nitrogen and oxygen atoms in total. The Balaban J connectivity index is 1.87. The second-order valence-corrected chi connectivity index (χ2v) is 6.65. The maximum atomic E-state index is 13.2. The first-order valence-corrected chi connectivity index (χ1v) is 9.04. The molecule has 1 aromatic heterocycles. The number of para-hydroxylation sites is 1. The maximum Gasteiger partial charge on any atom is 0.269 e. The van der Waals surface area contributed by atoms with Crippen molar-refractivity contribution in [1.82, 2.24) is 9.55 Å². The molecule has 0 aliphatic heterocycles. The standard InChI is InChI=1S/C23H17N3O3/c1-16-5-4-6-19(15-16)25-22(24-21-8-3-2-7-20(21)23(25)27)14-11-17-9-12-18(13-10-17)26(28)29/h2-15H,1H3/b14-11-. The van der Waals surface area contributed by atoms with Crippen LogP contribution in [0.1, 0.15) is 17.0 Å². The van der Waals surface area contributed by atoms with Crippen molar-refractivity contribution in [3.8, 4) is 5.69 Å². The van der Waals surface area contributed by atoms with E-state index in [4.69, 9.17) is 0 Å². The maximum absolute atomic E-state index is 13.2. The molecule has 3 aromatic carbocycles. The molecule has 0 aliphatic rings. The van der Waals surface area contributed by atoms with Crippen LogP contribution in [-0.4, -0.2) is 14.5 Å². The van der Waals surface area contributed by atoms with Crippen LogP contribution in [0.4, 0.5) is 5.69 Å². The molecular weight excluding hydrogens is 366 g/mol. The Hall–Kier alpha value is -4.06. The summed E-state index contributed by atoms with van der Waals surface area (Å²) >= 11 is 0. The molecule has 0 saturated carbocycles. The number of hydrogen-bond donors (Lipinski definition) is 0. The van der Waals surface area contributed by atoms with Crippen LogP contribution in [0.2, 0.25) is 0 Å². The summed E-state index contributed by atoms with van der Waals surface area (Å²) in [4.78, 5) is 28.3. The van der Waals surface area contributed by atoms with Crippen molar-refractivity contribution in [3.63, 3.8) is 0 Å². The molecule has 0 bridgehead atoms. The van der Waals surface area contributed by atoms with Gasteiger partial charge in [0, 0.05) is 12.1 Å². The van der Waals surface area contributed by atoms with Crippen molar-refractivity contribution in [2.24, 2.45) is 0 Å². The van der Waals surface area contributed by atoms with Crippen LogP contribution >= 0.6 is 0 Å². The highest BCUT2D eigenvalue weighted by Crippen LogP contribution is 2.17. The smallest absolute Gasteiger partial charge is 0.268 e. The first-order valence-electron chi connectivity index (χ1n) is 9.04. The second-order valence-electron chi connectivity index (χ2n) is 6.65. The number of hydrogen-bond acceptors (Lipinski definition) is 4. The number of rotatable bonds is 4. The van der Waals surface area contributed by atoms with Crippen molar-refractivity contribution in [3.05, 3.63) is 110 Å². The van der Waals surface area contributed by atoms with Crippen LogP contribution in [0.25, 0.3) is 28.7 Å². The van der Waals surface area contributed by atoms with E-state index in [1.165, 1.54) is 12.1 Å². The van der Waals surface area contributed by atoms with Gasteiger partial charge in [-0.3, -0.25) is 19.5 Å². The van der Waals surface area contributed by atoms with Gasteiger partial charge >= 0.3 is 0 Å². The molecule has 0 aliphatic carbocycles. The fourth-order valence-corrected chi connectivity index (χ4v) is 3.16. The van der Waals surface area contributed by atoms with Gasteiger partial charge in [-0.25, -0.2) is 4.98 Å². The Morgan fingerprint density at radius 2 is 1.72 bits per heavy atom. The lowest BCUT2D eigenvalue weighted by molar-refractivity contribution is -0.384. The third-order valence-electron chi connectivity index (χ3n) is 4.59. The zero-order valence-electron chi connectivity index (χ0n) is 15.6. The molecule has 4 aromatic rings. The van der Waals surface area contributed by atoms with Gasteiger partial charge in [0.2, 0.25) is 0 Å². The Kier molecular flexibility index (Phi) is 4.75. The number of aryl methyl sites for hydroxylation is 1. The number of nitro benzene ring substituents is 1. The van der Waals surface area contributed by atoms with Crippen LogP contribution in [0.15, 0.2) is 77.6 Å². The quantitative estimate of drug-likeness (QED) is 0.375. The SMILES string of the molecule is Cc1cccc(-n2c(/C=C\c3ccc([N+](=O)[O-])cc3)nc3ccccc3c2=O)c1. The lowest BCUT2D eigenvalue weighted by atomic mass is 10.1. The molecule has 0 amide bonds. The number of fused-ring (bicyclic) bond motifs is 1. The van der Waals surface area contributed by atoms with Crippen LogP contribution in [0, 0.1) is 17.0 Å². The lowest BCUT2D eigenvalue weighted by Crippen LogP contribution is -2.22. The predicted octanol–water partition coefficient (Wildman–Crippen LogP) is 4.77. The van der Waals surface area contributed by atoms with E-state index < -0.39 is 4.92 Å². The van der Waals surface area contributed by atoms with Gasteiger partial charge in [0.05, 0.1) is 21.5 Å². The van der Waals surface area contributed by atoms with Crippen molar-refractivity contribution < 1.29 is 4.92 Å². The van der Waals surface area contributed by atoms with Gasteiger partial charge in [-0.2, -0.15) is 0 Å². The molecule has 29 heavy (non-hydrogen) atoms. The zero-order valence-corrected chi connectivity index (χ0v) is 15.6. The summed E-state index contributed by atoms with van der Waals surface area (Å²) in [6, 6.07) is 21.1. The number of nitro groups is 1. The summed E-state index contributed by atoms with van der Waals surface area (Å²) in [6.45, 7) is 1.97. The normalized spacial score (nSPS) is 11.2. The molecule has 6 heteroatoms. The number of aromatic nitrogens is 2. The summed E-state index contributed by atoms with van der Waals surface area (Å²) in [6.07, 6.45) is 3.53. The Morgan fingerprint density at radius 1 is 0.966 bits per heavy atom. The summed E-state index contributed by atoms with van der Waals surface area (Å²) in [5.74, 6) is 0.484. The Morgan fingerprint density at radius 3 is 2.45 bits per heavy atom. The van der Waals surface area contributed by atoms with E-state index >= 15 is 0 Å². The Labute approximate surface area is 166 Å². The minimum atomic E-state index is -0.437. The van der Waals surface area contributed by atoms with E-state index in [1.54, 1.807) is 41.0 Å². The lowest BCUT2D eigenvalue weighted by Gasteiger charge is -2.12. The summed E-state index contributed by atoms with van der Waals surface area (Å²) in [5.41, 5.74) is 3.04. The van der Waals surface area contributed by atoms with Crippen LogP contribution in [-0.2, 0) is 0 Å². The molecule has 0 atom stereocenters. The number of benzene rings is 3. The van der Waals surface area contributed by atoms with Crippen molar-refractivity contribution >= 4 is 28.7 Å². The van der Waals surface area contributed by atoms with E-state index in [0.717, 1.165) is 16.8 Å². The summed E-state index contributed by atoms with van der Waals surface area (Å²) in [5, 5.41) is 11.4. The van der Waals surface area contributed by atoms with Crippen LogP contribution in [0.3, 0.4) is 0 Å². The largest absolute Gasteiger partial charge is 0.269 e. The third kappa shape index (κ3) is 3.68. The minimum Gasteiger partial charge on any atom is -0.268 e. The van der Waals surface area contributed by atoms with Gasteiger partial charge < -0.3 is 0 Å². The molecule has 0 fully saturated rings. The molecule has 0 N–H and O–H groups in total. The molecule has 0 radical (unpaired) electrons. The molecule has 0 spiro atoms. The van der Waals surface area contributed by atoms with Gasteiger partial charge in [0.15, 0.2) is 0 Å². The fraction of sp³-hybridized carbons (Fsp3) is 0.0435. The highest BCUT2D eigenvalue weighted by Gasteiger charge is 2.11. The van der Waals surface area contributed by atoms with E-state index in [9.17, 15) is 14.9 Å². The summed E-state index contributed by atoms with van der Waals surface area (Å²) < 4.78 is 1.58. The van der Waals surface area contributed by atoms with Gasteiger partial charge in [-0.15, -0.1) is 0 Å². The molecule has 4 rings (SSSR count). The Bertz CT molecular complexity index is 1310. The zero-order chi connectivity index (χ0) is 20.4. The van der Waals surface area contributed by atoms with Crippen LogP contribution in [0.5, 0.6) is 0 Å². The first kappa shape index (κ1) is 18.3. The van der Waals surface area contributed by atoms with Crippen molar-refractivity contribution in [2.45, 2.75) is 6.92 Å². The van der Waals surface area contributed by atoms with Gasteiger partial charge in [0.25, 0.3) is 11.2 Å². The van der Waals surface area contributed by atoms with Gasteiger partial charge in [0.1, 0.15) is 5.82 Å². The fourth-order valence-electron chi connectivity index (χ4n) is 3.16. The molecular formula is C23H17N3O3. The molecule has 0 unspecified atom stereocenters. The first-order chi connectivity index (χ1) is 14.0. The van der Waals surface area contributed by atoms with Crippen molar-refractivity contribution in [2.75, 3.05) is 0 Å². The average molecular weight is 383 g/mol. The van der Waals surface area contributed by atoms with E-state index in [2.05, 4.69) is 4.98 Å². The van der Waals surface area contributed by atoms with E-state index in [1.807, 2.05) is 43.3 Å². The third-order valence-corrected chi connectivity index (χ3v) is 4.59. The predicted molar refractivity (Wildman–Crippen MR) is 114 cm³/mol. The van der Waals surface area contributed by atoms with E-state index in [0.29, 0.717) is 16.7 Å². The average Bonchev–Trinajstić information content (AvgIpc) is 2.72. The van der Waals surface area contributed by atoms with E-state index in [-0.39, 0.29) is 11.2 Å². The van der Waals surface area contributed by atoms with Crippen LogP contribution < -0.4 is 5.56 Å². The van der Waals surface area contributed by atoms with Crippen molar-refractivity contribution in [1.29, 1.82) is 0 Å². The van der Waals surface area contributed by atoms with Gasteiger partial charge in [-0.05, 0) is 60.5 Å². The molecule has 1 heterocycles. The highest BCUT2D eigenvalue weighted by atomic mass is 16.6. The molecule has 142 valence electrons.